The highest BCUT2D eigenvalue weighted by Gasteiger charge is 2.31. The van der Waals surface area contributed by atoms with Gasteiger partial charge in [0.2, 0.25) is 11.9 Å². The van der Waals surface area contributed by atoms with Crippen LogP contribution in [0.3, 0.4) is 0 Å². The van der Waals surface area contributed by atoms with Crippen molar-refractivity contribution in [1.29, 1.82) is 0 Å². The van der Waals surface area contributed by atoms with Gasteiger partial charge in [-0.15, -0.1) is 0 Å². The Bertz CT molecular complexity index is 657. The number of nitrogens with zero attached hydrogens (tertiary/aromatic N) is 2. The first-order valence-corrected chi connectivity index (χ1v) is 6.80. The number of rotatable bonds is 5. The van der Waals surface area contributed by atoms with Crippen molar-refractivity contribution in [3.63, 3.8) is 0 Å². The Morgan fingerprint density at radius 3 is 2.32 bits per heavy atom. The highest BCUT2D eigenvalue weighted by atomic mass is 16.5. The quantitative estimate of drug-likeness (QED) is 0.918. The number of nitrogens with one attached hydrogen (secondary N) is 1. The molecule has 0 spiro atoms. The normalized spacial score (nSPS) is 10.9. The molecule has 1 aromatic carbocycles. The van der Waals surface area contributed by atoms with Crippen molar-refractivity contribution in [3.8, 4) is 11.5 Å². The Hall–Kier alpha value is -2.63. The Morgan fingerprint density at radius 1 is 1.09 bits per heavy atom. The number of carbonyl (C=O) groups excluding carboxylic acids is 1. The predicted molar refractivity (Wildman–Crippen MR) is 83.2 cm³/mol. The van der Waals surface area contributed by atoms with Crippen LogP contribution in [0.2, 0.25) is 0 Å². The maximum absolute atomic E-state index is 12.5. The molecule has 0 aliphatic rings. The molecule has 2 rings (SSSR count). The van der Waals surface area contributed by atoms with E-state index in [4.69, 9.17) is 9.47 Å². The average molecular weight is 301 g/mol. The maximum atomic E-state index is 12.5. The third-order valence-corrected chi connectivity index (χ3v) is 3.46. The van der Waals surface area contributed by atoms with Gasteiger partial charge < -0.3 is 9.47 Å². The zero-order valence-electron chi connectivity index (χ0n) is 13.1. The Kier molecular flexibility index (Phi) is 4.60. The smallest absolute Gasteiger partial charge is 0.236 e. The lowest BCUT2D eigenvalue weighted by Gasteiger charge is -2.24. The molecule has 0 aliphatic carbocycles. The molecule has 116 valence electrons. The first kappa shape index (κ1) is 15.8. The summed E-state index contributed by atoms with van der Waals surface area (Å²) >= 11 is 0. The third kappa shape index (κ3) is 3.16. The number of benzene rings is 1. The maximum Gasteiger partial charge on any atom is 0.236 e. The molecule has 6 nitrogen and oxygen atoms in total. The molecule has 22 heavy (non-hydrogen) atoms. The molecule has 6 heteroatoms. The number of aromatic nitrogens is 2. The number of hydrogen-bond donors (Lipinski definition) is 1. The Balaban J connectivity index is 2.27. The third-order valence-electron chi connectivity index (χ3n) is 3.46. The van der Waals surface area contributed by atoms with Gasteiger partial charge in [0.15, 0.2) is 11.5 Å². The number of anilines is 1. The van der Waals surface area contributed by atoms with E-state index >= 15 is 0 Å². The van der Waals surface area contributed by atoms with Crippen LogP contribution in [-0.4, -0.2) is 30.1 Å². The molecule has 0 radical (unpaired) electrons. The van der Waals surface area contributed by atoms with Gasteiger partial charge in [-0.05, 0) is 37.6 Å². The summed E-state index contributed by atoms with van der Waals surface area (Å²) in [7, 11) is 3.13. The first-order chi connectivity index (χ1) is 10.5. The average Bonchev–Trinajstić information content (AvgIpc) is 2.54. The van der Waals surface area contributed by atoms with Crippen LogP contribution in [0.25, 0.3) is 0 Å². The molecule has 1 N–H and O–H groups in total. The fraction of sp³-hybridized carbons (Fsp3) is 0.312. The van der Waals surface area contributed by atoms with Crippen LogP contribution >= 0.6 is 0 Å². The molecule has 0 fully saturated rings. The Morgan fingerprint density at radius 2 is 1.73 bits per heavy atom. The van der Waals surface area contributed by atoms with Gasteiger partial charge >= 0.3 is 0 Å². The van der Waals surface area contributed by atoms with Crippen LogP contribution in [0.4, 0.5) is 5.95 Å². The number of amides is 1. The highest BCUT2D eigenvalue weighted by molar-refractivity contribution is 5.97. The minimum absolute atomic E-state index is 0.203. The number of ether oxygens (including phenoxy) is 2. The van der Waals surface area contributed by atoms with Gasteiger partial charge in [0, 0.05) is 12.4 Å². The molecule has 1 heterocycles. The molecule has 0 bridgehead atoms. The lowest BCUT2D eigenvalue weighted by Crippen LogP contribution is -2.35. The van der Waals surface area contributed by atoms with E-state index in [1.165, 1.54) is 0 Å². The molecular weight excluding hydrogens is 282 g/mol. The van der Waals surface area contributed by atoms with E-state index in [1.807, 2.05) is 19.9 Å². The van der Waals surface area contributed by atoms with E-state index in [0.717, 1.165) is 5.56 Å². The summed E-state index contributed by atoms with van der Waals surface area (Å²) < 4.78 is 10.5. The van der Waals surface area contributed by atoms with Crippen LogP contribution in [0.15, 0.2) is 36.7 Å². The van der Waals surface area contributed by atoms with Crippen molar-refractivity contribution in [2.45, 2.75) is 19.3 Å². The fourth-order valence-corrected chi connectivity index (χ4v) is 1.98. The summed E-state index contributed by atoms with van der Waals surface area (Å²) in [6, 6.07) is 7.11. The summed E-state index contributed by atoms with van der Waals surface area (Å²) in [4.78, 5) is 20.5. The van der Waals surface area contributed by atoms with Gasteiger partial charge in [0.25, 0.3) is 0 Å². The van der Waals surface area contributed by atoms with Crippen LogP contribution in [0.5, 0.6) is 11.5 Å². The summed E-state index contributed by atoms with van der Waals surface area (Å²) in [5.41, 5.74) is 0.0252. The molecule has 1 amide bonds. The number of carbonyl (C=O) groups is 1. The van der Waals surface area contributed by atoms with Crippen molar-refractivity contribution in [2.24, 2.45) is 0 Å². The van der Waals surface area contributed by atoms with E-state index in [0.29, 0.717) is 11.5 Å². The summed E-state index contributed by atoms with van der Waals surface area (Å²) in [6.45, 7) is 3.65. The van der Waals surface area contributed by atoms with Gasteiger partial charge in [-0.3, -0.25) is 10.1 Å². The largest absolute Gasteiger partial charge is 0.493 e. The molecule has 0 saturated heterocycles. The number of methoxy groups -OCH3 is 2. The second-order valence-electron chi connectivity index (χ2n) is 5.22. The van der Waals surface area contributed by atoms with Crippen molar-refractivity contribution >= 4 is 11.9 Å². The predicted octanol–water partition coefficient (Wildman–Crippen LogP) is 2.41. The lowest BCUT2D eigenvalue weighted by atomic mass is 9.83. The van der Waals surface area contributed by atoms with Crippen molar-refractivity contribution in [3.05, 3.63) is 42.2 Å². The highest BCUT2D eigenvalue weighted by Crippen LogP contribution is 2.33. The molecule has 1 aromatic heterocycles. The van der Waals surface area contributed by atoms with E-state index < -0.39 is 5.41 Å². The SMILES string of the molecule is COc1ccc(C(C)(C)C(=O)Nc2ncccn2)cc1OC. The standard InChI is InChI=1S/C16H19N3O3/c1-16(2,14(20)19-15-17-8-5-9-18-15)11-6-7-12(21-3)13(10-11)22-4/h5-10H,1-4H3,(H,17,18,19,20). The van der Waals surface area contributed by atoms with Crippen LogP contribution in [0, 0.1) is 0 Å². The van der Waals surface area contributed by atoms with Crippen LogP contribution in [-0.2, 0) is 10.2 Å². The molecule has 2 aromatic rings. The summed E-state index contributed by atoms with van der Waals surface area (Å²) in [5.74, 6) is 1.28. The zero-order valence-corrected chi connectivity index (χ0v) is 13.1. The lowest BCUT2D eigenvalue weighted by molar-refractivity contribution is -0.120. The molecular formula is C16H19N3O3. The Labute approximate surface area is 129 Å². The van der Waals surface area contributed by atoms with Crippen LogP contribution in [0.1, 0.15) is 19.4 Å². The number of hydrogen-bond acceptors (Lipinski definition) is 5. The van der Waals surface area contributed by atoms with E-state index in [1.54, 1.807) is 44.8 Å². The minimum atomic E-state index is -0.779. The monoisotopic (exact) mass is 301 g/mol. The summed E-state index contributed by atoms with van der Waals surface area (Å²) in [5, 5.41) is 2.71. The molecule has 0 atom stereocenters. The zero-order chi connectivity index (χ0) is 16.2. The minimum Gasteiger partial charge on any atom is -0.493 e. The van der Waals surface area contributed by atoms with Crippen molar-refractivity contribution in [2.75, 3.05) is 19.5 Å². The van der Waals surface area contributed by atoms with Gasteiger partial charge in [-0.25, -0.2) is 9.97 Å². The molecule has 0 saturated carbocycles. The van der Waals surface area contributed by atoms with E-state index in [-0.39, 0.29) is 11.9 Å². The molecule has 0 unspecified atom stereocenters. The van der Waals surface area contributed by atoms with Gasteiger partial charge in [-0.1, -0.05) is 6.07 Å². The van der Waals surface area contributed by atoms with E-state index in [9.17, 15) is 4.79 Å². The second kappa shape index (κ2) is 6.43. The van der Waals surface area contributed by atoms with Gasteiger partial charge in [0.05, 0.1) is 19.6 Å². The van der Waals surface area contributed by atoms with Crippen molar-refractivity contribution in [1.82, 2.24) is 9.97 Å². The first-order valence-electron chi connectivity index (χ1n) is 6.80. The molecule has 0 aliphatic heterocycles. The van der Waals surface area contributed by atoms with E-state index in [2.05, 4.69) is 15.3 Å². The van der Waals surface area contributed by atoms with Gasteiger partial charge in [0.1, 0.15) is 0 Å². The van der Waals surface area contributed by atoms with Crippen molar-refractivity contribution < 1.29 is 14.3 Å². The fourth-order valence-electron chi connectivity index (χ4n) is 1.98. The second-order valence-corrected chi connectivity index (χ2v) is 5.22. The summed E-state index contributed by atoms with van der Waals surface area (Å²) in [6.07, 6.45) is 3.15. The topological polar surface area (TPSA) is 73.3 Å². The van der Waals surface area contributed by atoms with Crippen LogP contribution < -0.4 is 14.8 Å². The van der Waals surface area contributed by atoms with Gasteiger partial charge in [-0.2, -0.15) is 0 Å².